The Balaban J connectivity index is 1.51. The van der Waals surface area contributed by atoms with E-state index in [0.717, 1.165) is 11.6 Å². The third-order valence-corrected chi connectivity index (χ3v) is 5.49. The number of alkyl halides is 3. The molecule has 1 N–H and O–H groups in total. The first-order chi connectivity index (χ1) is 14.3. The summed E-state index contributed by atoms with van der Waals surface area (Å²) in [6.45, 7) is 0.437. The lowest BCUT2D eigenvalue weighted by Crippen LogP contribution is -2.62. The van der Waals surface area contributed by atoms with E-state index in [0.29, 0.717) is 0 Å². The SMILES string of the molecule is O=C(OCc1ccccc1)N1C2COCC1CC(O)(c1cccc(C(F)(F)F)n1)C2. The first-order valence-corrected chi connectivity index (χ1v) is 9.60. The number of rotatable bonds is 3. The third-order valence-electron chi connectivity index (χ3n) is 5.49. The number of hydrogen-bond acceptors (Lipinski definition) is 5. The van der Waals surface area contributed by atoms with Gasteiger partial charge in [0.1, 0.15) is 17.9 Å². The van der Waals surface area contributed by atoms with Gasteiger partial charge < -0.3 is 14.6 Å². The van der Waals surface area contributed by atoms with E-state index in [1.54, 1.807) is 0 Å². The number of aromatic nitrogens is 1. The molecular formula is C21H21F3N2O4. The van der Waals surface area contributed by atoms with Gasteiger partial charge >= 0.3 is 12.3 Å². The fraction of sp³-hybridized carbons (Fsp3) is 0.429. The molecule has 2 saturated heterocycles. The van der Waals surface area contributed by atoms with E-state index < -0.39 is 35.6 Å². The van der Waals surface area contributed by atoms with E-state index in [2.05, 4.69) is 4.98 Å². The first kappa shape index (κ1) is 20.6. The number of carbonyl (C=O) groups excluding carboxylic acids is 1. The topological polar surface area (TPSA) is 71.9 Å². The predicted molar refractivity (Wildman–Crippen MR) is 99.2 cm³/mol. The number of amides is 1. The molecule has 0 saturated carbocycles. The molecule has 1 aromatic carbocycles. The summed E-state index contributed by atoms with van der Waals surface area (Å²) >= 11 is 0. The standard InChI is InChI=1S/C21H21F3N2O4/c22-21(23,24)18-8-4-7-17(25-18)20(28)9-15-12-29-13-16(10-20)26(15)19(27)30-11-14-5-2-1-3-6-14/h1-8,15-16,28H,9-13H2. The summed E-state index contributed by atoms with van der Waals surface area (Å²) in [4.78, 5) is 17.9. The molecule has 160 valence electrons. The van der Waals surface area contributed by atoms with Crippen molar-refractivity contribution in [3.8, 4) is 0 Å². The average Bonchev–Trinajstić information content (AvgIpc) is 2.72. The van der Waals surface area contributed by atoms with Gasteiger partial charge in [0.15, 0.2) is 0 Å². The van der Waals surface area contributed by atoms with E-state index in [1.807, 2.05) is 30.3 Å². The summed E-state index contributed by atoms with van der Waals surface area (Å²) in [5.41, 5.74) is -1.85. The highest BCUT2D eigenvalue weighted by atomic mass is 19.4. The zero-order valence-electron chi connectivity index (χ0n) is 16.0. The molecular weight excluding hydrogens is 401 g/mol. The number of fused-ring (bicyclic) bond motifs is 2. The van der Waals surface area contributed by atoms with Crippen molar-refractivity contribution < 1.29 is 32.5 Å². The second kappa shape index (κ2) is 7.88. The quantitative estimate of drug-likeness (QED) is 0.820. The van der Waals surface area contributed by atoms with E-state index in [9.17, 15) is 23.1 Å². The molecule has 1 aromatic heterocycles. The highest BCUT2D eigenvalue weighted by Gasteiger charge is 2.50. The summed E-state index contributed by atoms with van der Waals surface area (Å²) in [5.74, 6) is 0. The maximum absolute atomic E-state index is 13.0. The molecule has 2 unspecified atom stereocenters. The summed E-state index contributed by atoms with van der Waals surface area (Å²) in [5, 5.41) is 11.2. The van der Waals surface area contributed by atoms with Crippen molar-refractivity contribution in [2.75, 3.05) is 13.2 Å². The van der Waals surface area contributed by atoms with E-state index >= 15 is 0 Å². The zero-order valence-corrected chi connectivity index (χ0v) is 16.0. The van der Waals surface area contributed by atoms with Gasteiger partial charge in [-0.3, -0.25) is 4.90 Å². The average molecular weight is 422 g/mol. The van der Waals surface area contributed by atoms with Crippen LogP contribution in [0.15, 0.2) is 48.5 Å². The van der Waals surface area contributed by atoms with Crippen LogP contribution in [0.2, 0.25) is 0 Å². The van der Waals surface area contributed by atoms with Crippen LogP contribution in [0.4, 0.5) is 18.0 Å². The largest absolute Gasteiger partial charge is 0.445 e. The highest BCUT2D eigenvalue weighted by molar-refractivity contribution is 5.69. The van der Waals surface area contributed by atoms with Gasteiger partial charge in [0.2, 0.25) is 0 Å². The molecule has 2 fully saturated rings. The van der Waals surface area contributed by atoms with Crippen molar-refractivity contribution in [3.63, 3.8) is 0 Å². The van der Waals surface area contributed by atoms with E-state index in [4.69, 9.17) is 9.47 Å². The summed E-state index contributed by atoms with van der Waals surface area (Å²) in [6, 6.07) is 11.7. The fourth-order valence-electron chi connectivity index (χ4n) is 4.13. The van der Waals surface area contributed by atoms with Gasteiger partial charge in [0, 0.05) is 12.8 Å². The number of carbonyl (C=O) groups is 1. The van der Waals surface area contributed by atoms with Crippen molar-refractivity contribution in [2.24, 2.45) is 0 Å². The van der Waals surface area contributed by atoms with Gasteiger partial charge in [-0.25, -0.2) is 9.78 Å². The minimum atomic E-state index is -4.60. The van der Waals surface area contributed by atoms with Crippen molar-refractivity contribution in [3.05, 3.63) is 65.5 Å². The number of piperidine rings is 1. The molecule has 1 amide bonds. The Morgan fingerprint density at radius 2 is 1.80 bits per heavy atom. The molecule has 2 atom stereocenters. The number of nitrogens with zero attached hydrogens (tertiary/aromatic N) is 2. The monoisotopic (exact) mass is 422 g/mol. The van der Waals surface area contributed by atoms with Crippen LogP contribution in [0, 0.1) is 0 Å². The van der Waals surface area contributed by atoms with Crippen molar-refractivity contribution in [1.29, 1.82) is 0 Å². The van der Waals surface area contributed by atoms with Crippen LogP contribution in [-0.2, 0) is 27.9 Å². The van der Waals surface area contributed by atoms with Crippen LogP contribution in [0.3, 0.4) is 0 Å². The number of aliphatic hydroxyl groups is 1. The van der Waals surface area contributed by atoms with Crippen LogP contribution in [0.5, 0.6) is 0 Å². The van der Waals surface area contributed by atoms with Crippen LogP contribution in [0.1, 0.15) is 29.8 Å². The van der Waals surface area contributed by atoms with Crippen LogP contribution >= 0.6 is 0 Å². The Labute approximate surface area is 171 Å². The van der Waals surface area contributed by atoms with Crippen LogP contribution < -0.4 is 0 Å². The Bertz CT molecular complexity index is 893. The molecule has 0 spiro atoms. The molecule has 30 heavy (non-hydrogen) atoms. The molecule has 2 aliphatic heterocycles. The minimum Gasteiger partial charge on any atom is -0.445 e. The Morgan fingerprint density at radius 3 is 2.43 bits per heavy atom. The normalized spacial score (nSPS) is 26.3. The van der Waals surface area contributed by atoms with Crippen LogP contribution in [-0.4, -0.2) is 46.4 Å². The molecule has 6 nitrogen and oxygen atoms in total. The fourth-order valence-corrected chi connectivity index (χ4v) is 4.13. The molecule has 2 bridgehead atoms. The van der Waals surface area contributed by atoms with Gasteiger partial charge in [0.05, 0.1) is 31.0 Å². The van der Waals surface area contributed by atoms with Gasteiger partial charge in [0.25, 0.3) is 0 Å². The summed E-state index contributed by atoms with van der Waals surface area (Å²) in [7, 11) is 0. The minimum absolute atomic E-state index is 0.0122. The Morgan fingerprint density at radius 1 is 1.13 bits per heavy atom. The maximum atomic E-state index is 13.0. The zero-order chi connectivity index (χ0) is 21.4. The smallest absolute Gasteiger partial charge is 0.433 e. The summed E-state index contributed by atoms with van der Waals surface area (Å²) < 4.78 is 50.1. The van der Waals surface area contributed by atoms with Crippen molar-refractivity contribution in [1.82, 2.24) is 9.88 Å². The van der Waals surface area contributed by atoms with Gasteiger partial charge in [-0.2, -0.15) is 13.2 Å². The lowest BCUT2D eigenvalue weighted by atomic mass is 9.79. The van der Waals surface area contributed by atoms with Crippen LogP contribution in [0.25, 0.3) is 0 Å². The lowest BCUT2D eigenvalue weighted by molar-refractivity contribution is -0.145. The molecule has 2 aromatic rings. The lowest BCUT2D eigenvalue weighted by Gasteiger charge is -2.50. The first-order valence-electron chi connectivity index (χ1n) is 9.60. The second-order valence-corrected chi connectivity index (χ2v) is 7.64. The van der Waals surface area contributed by atoms with Gasteiger partial charge in [-0.1, -0.05) is 36.4 Å². The molecule has 2 aliphatic rings. The molecule has 9 heteroatoms. The number of halogens is 3. The number of pyridine rings is 1. The third kappa shape index (κ3) is 4.13. The predicted octanol–water partition coefficient (Wildman–Crippen LogP) is 3.49. The van der Waals surface area contributed by atoms with E-state index in [-0.39, 0.29) is 38.4 Å². The summed E-state index contributed by atoms with van der Waals surface area (Å²) in [6.07, 6.45) is -5.11. The van der Waals surface area contributed by atoms with Gasteiger partial charge in [-0.05, 0) is 17.7 Å². The van der Waals surface area contributed by atoms with Gasteiger partial charge in [-0.15, -0.1) is 0 Å². The second-order valence-electron chi connectivity index (χ2n) is 7.64. The van der Waals surface area contributed by atoms with Crippen molar-refractivity contribution in [2.45, 2.75) is 43.3 Å². The number of morpholine rings is 1. The highest BCUT2D eigenvalue weighted by Crippen LogP contribution is 2.41. The Kier molecular flexibility index (Phi) is 5.42. The van der Waals surface area contributed by atoms with Crippen molar-refractivity contribution >= 4 is 6.09 Å². The number of benzene rings is 1. The van der Waals surface area contributed by atoms with E-state index in [1.165, 1.54) is 17.0 Å². The maximum Gasteiger partial charge on any atom is 0.433 e. The number of hydrogen-bond donors (Lipinski definition) is 1. The molecule has 0 radical (unpaired) electrons. The molecule has 0 aliphatic carbocycles. The molecule has 3 heterocycles. The number of ether oxygens (including phenoxy) is 2. The molecule has 4 rings (SSSR count). The Hall–Kier alpha value is -2.65.